The molecule has 1 aromatic carbocycles. The van der Waals surface area contributed by atoms with E-state index in [1.54, 1.807) is 12.1 Å². The van der Waals surface area contributed by atoms with Gasteiger partial charge in [0.1, 0.15) is 0 Å². The van der Waals surface area contributed by atoms with E-state index >= 15 is 0 Å². The lowest BCUT2D eigenvalue weighted by Crippen LogP contribution is -2.45. The molecule has 2 rings (SSSR count). The van der Waals surface area contributed by atoms with Crippen molar-refractivity contribution in [2.45, 2.75) is 32.2 Å². The lowest BCUT2D eigenvalue weighted by molar-refractivity contribution is -0.130. The molecule has 5 nitrogen and oxygen atoms in total. The van der Waals surface area contributed by atoms with Crippen LogP contribution in [-0.4, -0.2) is 23.0 Å². The third-order valence-electron chi connectivity index (χ3n) is 3.47. The molecule has 1 aliphatic rings. The first-order chi connectivity index (χ1) is 9.51. The zero-order valence-electron chi connectivity index (χ0n) is 11.1. The van der Waals surface area contributed by atoms with Gasteiger partial charge in [0.15, 0.2) is 5.75 Å². The monoisotopic (exact) mass is 296 g/mol. The Morgan fingerprint density at radius 2 is 2.30 bits per heavy atom. The molecule has 0 saturated carbocycles. The number of benzene rings is 1. The van der Waals surface area contributed by atoms with Crippen LogP contribution >= 0.6 is 11.6 Å². The molecule has 3 N–H and O–H groups in total. The second-order valence-electron chi connectivity index (χ2n) is 4.93. The number of carbonyl (C=O) groups is 2. The second kappa shape index (κ2) is 6.13. The molecule has 0 spiro atoms. The van der Waals surface area contributed by atoms with Gasteiger partial charge in [-0.3, -0.25) is 9.59 Å². The third kappa shape index (κ3) is 3.22. The highest BCUT2D eigenvalue weighted by atomic mass is 35.5. The number of hydrogen-bond donors (Lipinski definition) is 3. The van der Waals surface area contributed by atoms with Gasteiger partial charge in [-0.2, -0.15) is 0 Å². The van der Waals surface area contributed by atoms with Gasteiger partial charge in [-0.25, -0.2) is 0 Å². The van der Waals surface area contributed by atoms with E-state index in [4.69, 9.17) is 11.6 Å². The van der Waals surface area contributed by atoms with E-state index in [-0.39, 0.29) is 46.7 Å². The molecular formula is C14H17ClN2O3. The summed E-state index contributed by atoms with van der Waals surface area (Å²) in [7, 11) is 0. The van der Waals surface area contributed by atoms with Crippen molar-refractivity contribution in [1.29, 1.82) is 0 Å². The number of nitrogens with one attached hydrogen (secondary N) is 2. The van der Waals surface area contributed by atoms with Crippen molar-refractivity contribution >= 4 is 29.1 Å². The van der Waals surface area contributed by atoms with Crippen LogP contribution in [0.3, 0.4) is 0 Å². The number of carbonyl (C=O) groups excluding carboxylic acids is 2. The predicted octanol–water partition coefficient (Wildman–Crippen LogP) is 2.29. The first-order valence-electron chi connectivity index (χ1n) is 6.59. The van der Waals surface area contributed by atoms with Gasteiger partial charge in [0.2, 0.25) is 11.8 Å². The van der Waals surface area contributed by atoms with Crippen LogP contribution in [0.5, 0.6) is 5.75 Å². The van der Waals surface area contributed by atoms with Gasteiger partial charge in [-0.05, 0) is 25.0 Å². The van der Waals surface area contributed by atoms with Crippen molar-refractivity contribution < 1.29 is 14.7 Å². The molecule has 1 saturated heterocycles. The summed E-state index contributed by atoms with van der Waals surface area (Å²) in [5.74, 6) is -0.920. The van der Waals surface area contributed by atoms with Crippen molar-refractivity contribution in [2.75, 3.05) is 5.32 Å². The largest absolute Gasteiger partial charge is 0.504 e. The smallest absolute Gasteiger partial charge is 0.228 e. The lowest BCUT2D eigenvalue weighted by Gasteiger charge is -2.28. The number of para-hydroxylation sites is 1. The van der Waals surface area contributed by atoms with E-state index in [1.807, 2.05) is 6.92 Å². The molecule has 2 atom stereocenters. The molecule has 2 unspecified atom stereocenters. The number of rotatable bonds is 3. The van der Waals surface area contributed by atoms with Crippen LogP contribution in [0.2, 0.25) is 5.02 Å². The quantitative estimate of drug-likeness (QED) is 0.749. The lowest BCUT2D eigenvalue weighted by atomic mass is 9.90. The molecule has 0 radical (unpaired) electrons. The van der Waals surface area contributed by atoms with Crippen LogP contribution < -0.4 is 10.6 Å². The van der Waals surface area contributed by atoms with Crippen LogP contribution in [0.25, 0.3) is 0 Å². The molecule has 2 amide bonds. The average molecular weight is 297 g/mol. The minimum Gasteiger partial charge on any atom is -0.504 e. The molecule has 1 aliphatic heterocycles. The number of hydrogen-bond acceptors (Lipinski definition) is 3. The van der Waals surface area contributed by atoms with Gasteiger partial charge >= 0.3 is 0 Å². The Labute approximate surface area is 122 Å². The number of piperidine rings is 1. The molecule has 0 aromatic heterocycles. The van der Waals surface area contributed by atoms with Gasteiger partial charge in [0.25, 0.3) is 0 Å². The van der Waals surface area contributed by atoms with Crippen molar-refractivity contribution in [3.8, 4) is 5.75 Å². The summed E-state index contributed by atoms with van der Waals surface area (Å²) in [6.45, 7) is 1.97. The maximum absolute atomic E-state index is 12.2. The topological polar surface area (TPSA) is 78.4 Å². The number of phenolic OH excluding ortho intramolecular Hbond substituents is 1. The molecule has 6 heteroatoms. The molecule has 1 heterocycles. The third-order valence-corrected chi connectivity index (χ3v) is 3.78. The summed E-state index contributed by atoms with van der Waals surface area (Å²) < 4.78 is 0. The Hall–Kier alpha value is -1.75. The zero-order chi connectivity index (χ0) is 14.7. The highest BCUT2D eigenvalue weighted by Crippen LogP contribution is 2.32. The van der Waals surface area contributed by atoms with Crippen molar-refractivity contribution in [3.05, 3.63) is 23.2 Å². The van der Waals surface area contributed by atoms with E-state index in [9.17, 15) is 14.7 Å². The predicted molar refractivity (Wildman–Crippen MR) is 76.7 cm³/mol. The SMILES string of the molecule is CCC1CC(C(=O)Nc2cccc(Cl)c2O)CC(=O)N1. The maximum Gasteiger partial charge on any atom is 0.228 e. The number of halogens is 1. The first kappa shape index (κ1) is 14.7. The molecule has 20 heavy (non-hydrogen) atoms. The fraction of sp³-hybridized carbons (Fsp3) is 0.429. The standard InChI is InChI=1S/C14H17ClN2O3/c1-2-9-6-8(7-12(18)16-9)14(20)17-11-5-3-4-10(15)13(11)19/h3-5,8-9,19H,2,6-7H2,1H3,(H,16,18)(H,17,20). The van der Waals surface area contributed by atoms with Crippen molar-refractivity contribution in [1.82, 2.24) is 5.32 Å². The van der Waals surface area contributed by atoms with Gasteiger partial charge in [-0.15, -0.1) is 0 Å². The van der Waals surface area contributed by atoms with Crippen LogP contribution in [0.1, 0.15) is 26.2 Å². The summed E-state index contributed by atoms with van der Waals surface area (Å²) in [6, 6.07) is 4.77. The normalized spacial score (nSPS) is 22.2. The van der Waals surface area contributed by atoms with Crippen LogP contribution in [-0.2, 0) is 9.59 Å². The van der Waals surface area contributed by atoms with E-state index in [0.29, 0.717) is 6.42 Å². The molecular weight excluding hydrogens is 280 g/mol. The number of aromatic hydroxyl groups is 1. The Morgan fingerprint density at radius 1 is 1.55 bits per heavy atom. The first-order valence-corrected chi connectivity index (χ1v) is 6.96. The summed E-state index contributed by atoms with van der Waals surface area (Å²) >= 11 is 5.79. The van der Waals surface area contributed by atoms with E-state index in [1.165, 1.54) is 6.07 Å². The fourth-order valence-electron chi connectivity index (χ4n) is 2.32. The van der Waals surface area contributed by atoms with Crippen molar-refractivity contribution in [2.24, 2.45) is 5.92 Å². The van der Waals surface area contributed by atoms with Gasteiger partial charge < -0.3 is 15.7 Å². The van der Waals surface area contributed by atoms with Gasteiger partial charge in [-0.1, -0.05) is 24.6 Å². The average Bonchev–Trinajstić information content (AvgIpc) is 2.43. The van der Waals surface area contributed by atoms with Crippen molar-refractivity contribution in [3.63, 3.8) is 0 Å². The molecule has 108 valence electrons. The second-order valence-corrected chi connectivity index (χ2v) is 5.34. The fourth-order valence-corrected chi connectivity index (χ4v) is 2.49. The summed E-state index contributed by atoms with van der Waals surface area (Å²) in [4.78, 5) is 23.8. The van der Waals surface area contributed by atoms with Crippen LogP contribution in [0, 0.1) is 5.92 Å². The van der Waals surface area contributed by atoms with Gasteiger partial charge in [0.05, 0.1) is 10.7 Å². The Bertz CT molecular complexity index is 533. The number of phenols is 1. The Kier molecular flexibility index (Phi) is 4.49. The highest BCUT2D eigenvalue weighted by molar-refractivity contribution is 6.32. The molecule has 1 fully saturated rings. The minimum atomic E-state index is -0.382. The molecule has 1 aromatic rings. The van der Waals surface area contributed by atoms with E-state index in [2.05, 4.69) is 10.6 Å². The Morgan fingerprint density at radius 3 is 3.00 bits per heavy atom. The van der Waals surface area contributed by atoms with Gasteiger partial charge in [0, 0.05) is 18.4 Å². The molecule has 0 bridgehead atoms. The van der Waals surface area contributed by atoms with E-state index < -0.39 is 0 Å². The maximum atomic E-state index is 12.2. The van der Waals surface area contributed by atoms with Crippen LogP contribution in [0.15, 0.2) is 18.2 Å². The summed E-state index contributed by atoms with van der Waals surface area (Å²) in [6.07, 6.45) is 1.57. The molecule has 0 aliphatic carbocycles. The summed E-state index contributed by atoms with van der Waals surface area (Å²) in [5.41, 5.74) is 0.265. The van der Waals surface area contributed by atoms with E-state index in [0.717, 1.165) is 6.42 Å². The zero-order valence-corrected chi connectivity index (χ0v) is 11.9. The Balaban J connectivity index is 2.08. The highest BCUT2D eigenvalue weighted by Gasteiger charge is 2.30. The number of anilines is 1. The van der Waals surface area contributed by atoms with Crippen LogP contribution in [0.4, 0.5) is 5.69 Å². The summed E-state index contributed by atoms with van der Waals surface area (Å²) in [5, 5.41) is 15.4. The minimum absolute atomic E-state index is 0.0277. The number of amides is 2.